The molecule has 1 amide bonds. The van der Waals surface area contributed by atoms with Crippen LogP contribution in [-0.4, -0.2) is 38.0 Å². The van der Waals surface area contributed by atoms with Crippen LogP contribution in [0, 0.1) is 0 Å². The number of nitrogens with one attached hydrogen (secondary N) is 1. The number of nitrogens with zero attached hydrogens (tertiary/aromatic N) is 4. The normalized spacial score (nSPS) is 11.0. The van der Waals surface area contributed by atoms with Crippen LogP contribution < -0.4 is 10.1 Å². The van der Waals surface area contributed by atoms with Gasteiger partial charge in [0.15, 0.2) is 11.0 Å². The van der Waals surface area contributed by atoms with Gasteiger partial charge in [-0.15, -0.1) is 10.2 Å². The van der Waals surface area contributed by atoms with E-state index in [-0.39, 0.29) is 22.4 Å². The monoisotopic (exact) mass is 453 g/mol. The Balaban J connectivity index is 1.65. The lowest BCUT2D eigenvalue weighted by molar-refractivity contribution is -0.113. The summed E-state index contributed by atoms with van der Waals surface area (Å²) in [7, 11) is 0. The van der Waals surface area contributed by atoms with Gasteiger partial charge in [-0.25, -0.2) is 0 Å². The molecular weight excluding hydrogens is 436 g/mol. The second-order valence-corrected chi connectivity index (χ2v) is 7.40. The number of hydrogen-bond acceptors (Lipinski definition) is 6. The van der Waals surface area contributed by atoms with Crippen molar-refractivity contribution in [3.8, 4) is 17.1 Å². The van der Waals surface area contributed by atoms with E-state index in [4.69, 9.17) is 11.6 Å². The Bertz CT molecular complexity index is 1000. The molecule has 2 heterocycles. The average Bonchev–Trinajstić information content (AvgIpc) is 3.12. The van der Waals surface area contributed by atoms with E-state index in [0.29, 0.717) is 23.2 Å². The Morgan fingerprint density at radius 2 is 2.03 bits per heavy atom. The summed E-state index contributed by atoms with van der Waals surface area (Å²) < 4.78 is 30.8. The third-order valence-corrected chi connectivity index (χ3v) is 5.13. The van der Waals surface area contributed by atoms with Crippen LogP contribution in [-0.2, 0) is 11.3 Å². The fourth-order valence-electron chi connectivity index (χ4n) is 2.63. The summed E-state index contributed by atoms with van der Waals surface area (Å²) in [5.41, 5.74) is 1.27. The molecule has 0 saturated heterocycles. The van der Waals surface area contributed by atoms with Gasteiger partial charge in [-0.3, -0.25) is 9.78 Å². The number of anilines is 1. The molecule has 0 radical (unpaired) electrons. The van der Waals surface area contributed by atoms with Crippen molar-refractivity contribution in [1.82, 2.24) is 19.7 Å². The highest BCUT2D eigenvalue weighted by Gasteiger charge is 2.16. The Kier molecular flexibility index (Phi) is 7.58. The van der Waals surface area contributed by atoms with Gasteiger partial charge in [0.05, 0.1) is 10.8 Å². The van der Waals surface area contributed by atoms with Crippen molar-refractivity contribution in [2.24, 2.45) is 0 Å². The van der Waals surface area contributed by atoms with Crippen molar-refractivity contribution >= 4 is 35.0 Å². The lowest BCUT2D eigenvalue weighted by Crippen LogP contribution is -2.15. The number of alkyl halides is 2. The Hall–Kier alpha value is -2.72. The van der Waals surface area contributed by atoms with Gasteiger partial charge in [0, 0.05) is 30.2 Å². The van der Waals surface area contributed by atoms with E-state index in [2.05, 4.69) is 25.2 Å². The van der Waals surface area contributed by atoms with Crippen LogP contribution in [0.4, 0.5) is 14.5 Å². The van der Waals surface area contributed by atoms with Gasteiger partial charge < -0.3 is 14.6 Å². The zero-order valence-electron chi connectivity index (χ0n) is 15.9. The minimum absolute atomic E-state index is 0.0227. The molecular formula is C19H18ClF2N5O2S. The van der Waals surface area contributed by atoms with Crippen LogP contribution in [0.2, 0.25) is 5.02 Å². The summed E-state index contributed by atoms with van der Waals surface area (Å²) in [5, 5.41) is 11.7. The van der Waals surface area contributed by atoms with Gasteiger partial charge in [0.2, 0.25) is 5.91 Å². The molecule has 0 unspecified atom stereocenters. The van der Waals surface area contributed by atoms with Gasteiger partial charge in [0.1, 0.15) is 5.75 Å². The van der Waals surface area contributed by atoms with E-state index in [1.807, 2.05) is 23.6 Å². The van der Waals surface area contributed by atoms with Crippen LogP contribution in [0.15, 0.2) is 47.9 Å². The van der Waals surface area contributed by atoms with Gasteiger partial charge in [-0.05, 0) is 36.8 Å². The average molecular weight is 454 g/mol. The van der Waals surface area contributed by atoms with E-state index in [1.54, 1.807) is 12.4 Å². The number of halogens is 3. The second kappa shape index (κ2) is 10.4. The molecule has 7 nitrogen and oxygen atoms in total. The Labute approximate surface area is 180 Å². The van der Waals surface area contributed by atoms with Crippen molar-refractivity contribution in [3.05, 3.63) is 47.7 Å². The number of hydrogen-bond donors (Lipinski definition) is 1. The van der Waals surface area contributed by atoms with E-state index < -0.39 is 6.61 Å². The predicted octanol–water partition coefficient (Wildman–Crippen LogP) is 4.74. The summed E-state index contributed by atoms with van der Waals surface area (Å²) >= 11 is 7.16. The summed E-state index contributed by atoms with van der Waals surface area (Å²) in [5.74, 6) is 0.347. The number of ether oxygens (including phenoxy) is 1. The molecule has 3 aromatic rings. The molecule has 158 valence electrons. The number of carbonyl (C=O) groups is 1. The summed E-state index contributed by atoms with van der Waals surface area (Å²) in [6.07, 6.45) is 4.24. The van der Waals surface area contributed by atoms with Crippen molar-refractivity contribution in [2.45, 2.75) is 31.7 Å². The smallest absolute Gasteiger partial charge is 0.387 e. The molecule has 2 aromatic heterocycles. The van der Waals surface area contributed by atoms with E-state index >= 15 is 0 Å². The van der Waals surface area contributed by atoms with Crippen LogP contribution >= 0.6 is 23.4 Å². The first-order chi connectivity index (χ1) is 14.5. The summed E-state index contributed by atoms with van der Waals surface area (Å²) in [4.78, 5) is 16.3. The first-order valence-electron chi connectivity index (χ1n) is 8.98. The van der Waals surface area contributed by atoms with Gasteiger partial charge >= 0.3 is 6.61 Å². The number of benzene rings is 1. The zero-order chi connectivity index (χ0) is 21.5. The predicted molar refractivity (Wildman–Crippen MR) is 111 cm³/mol. The third-order valence-electron chi connectivity index (χ3n) is 3.87. The van der Waals surface area contributed by atoms with E-state index in [0.717, 1.165) is 12.0 Å². The SMILES string of the molecule is CCCn1c(SCC(=O)Nc2ccc(OC(F)F)c(Cl)c2)nnc1-c1ccncc1. The fourth-order valence-corrected chi connectivity index (χ4v) is 3.62. The highest BCUT2D eigenvalue weighted by Crippen LogP contribution is 2.29. The number of rotatable bonds is 9. The molecule has 0 fully saturated rings. The van der Waals surface area contributed by atoms with E-state index in [9.17, 15) is 13.6 Å². The van der Waals surface area contributed by atoms with Gasteiger partial charge in [-0.2, -0.15) is 8.78 Å². The molecule has 0 atom stereocenters. The molecule has 0 spiro atoms. The lowest BCUT2D eigenvalue weighted by atomic mass is 10.2. The Morgan fingerprint density at radius 3 is 2.70 bits per heavy atom. The highest BCUT2D eigenvalue weighted by atomic mass is 35.5. The summed E-state index contributed by atoms with van der Waals surface area (Å²) in [6.45, 7) is -0.227. The zero-order valence-corrected chi connectivity index (χ0v) is 17.5. The summed E-state index contributed by atoms with van der Waals surface area (Å²) in [6, 6.07) is 7.76. The molecule has 1 N–H and O–H groups in total. The van der Waals surface area contributed by atoms with Crippen LogP contribution in [0.3, 0.4) is 0 Å². The van der Waals surface area contributed by atoms with E-state index in [1.165, 1.54) is 30.0 Å². The minimum Gasteiger partial charge on any atom is -0.433 e. The second-order valence-electron chi connectivity index (χ2n) is 6.05. The van der Waals surface area contributed by atoms with Crippen molar-refractivity contribution in [2.75, 3.05) is 11.1 Å². The fraction of sp³-hybridized carbons (Fsp3) is 0.263. The first kappa shape index (κ1) is 22.0. The lowest BCUT2D eigenvalue weighted by Gasteiger charge is -2.10. The maximum atomic E-state index is 12.3. The molecule has 30 heavy (non-hydrogen) atoms. The largest absolute Gasteiger partial charge is 0.433 e. The molecule has 0 aliphatic carbocycles. The highest BCUT2D eigenvalue weighted by molar-refractivity contribution is 7.99. The van der Waals surface area contributed by atoms with Crippen LogP contribution in [0.1, 0.15) is 13.3 Å². The van der Waals surface area contributed by atoms with Gasteiger partial charge in [-0.1, -0.05) is 30.3 Å². The number of aromatic nitrogens is 4. The standard InChI is InChI=1S/C19H18ClF2N5O2S/c1-2-9-27-17(12-5-7-23-8-6-12)25-26-19(27)30-11-16(28)24-13-3-4-15(14(20)10-13)29-18(21)22/h3-8,10,18H,2,9,11H2,1H3,(H,24,28). The van der Waals surface area contributed by atoms with Crippen molar-refractivity contribution in [1.29, 1.82) is 0 Å². The number of amides is 1. The molecule has 0 bridgehead atoms. The Morgan fingerprint density at radius 1 is 1.27 bits per heavy atom. The topological polar surface area (TPSA) is 81.9 Å². The maximum absolute atomic E-state index is 12.3. The molecule has 0 aliphatic rings. The number of carbonyl (C=O) groups excluding carboxylic acids is 1. The molecule has 3 rings (SSSR count). The quantitative estimate of drug-likeness (QED) is 0.471. The third kappa shape index (κ3) is 5.67. The molecule has 0 aliphatic heterocycles. The number of thioether (sulfide) groups is 1. The van der Waals surface area contributed by atoms with Crippen LogP contribution in [0.5, 0.6) is 5.75 Å². The number of pyridine rings is 1. The van der Waals surface area contributed by atoms with Crippen molar-refractivity contribution < 1.29 is 18.3 Å². The van der Waals surface area contributed by atoms with Gasteiger partial charge in [0.25, 0.3) is 0 Å². The molecule has 1 aromatic carbocycles. The molecule has 11 heteroatoms. The minimum atomic E-state index is -2.98. The van der Waals surface area contributed by atoms with Crippen LogP contribution in [0.25, 0.3) is 11.4 Å². The first-order valence-corrected chi connectivity index (χ1v) is 10.3. The van der Waals surface area contributed by atoms with Crippen molar-refractivity contribution in [3.63, 3.8) is 0 Å². The maximum Gasteiger partial charge on any atom is 0.387 e. The molecule has 0 saturated carbocycles.